The second kappa shape index (κ2) is 7.68. The van der Waals surface area contributed by atoms with Crippen LogP contribution < -0.4 is 10.7 Å². The van der Waals surface area contributed by atoms with Gasteiger partial charge in [0.05, 0.1) is 5.52 Å². The van der Waals surface area contributed by atoms with Gasteiger partial charge in [-0.05, 0) is 58.2 Å². The Morgan fingerprint density at radius 2 is 2.04 bits per heavy atom. The number of aryl methyl sites for hydroxylation is 2. The van der Waals surface area contributed by atoms with Crippen LogP contribution in [0.4, 0.5) is 9.18 Å². The summed E-state index contributed by atoms with van der Waals surface area (Å²) in [6.07, 6.45) is 2.28. The highest BCUT2D eigenvalue weighted by atomic mass is 19.1. The third-order valence-electron chi connectivity index (χ3n) is 3.78. The first-order valence-electron chi connectivity index (χ1n) is 8.49. The zero-order chi connectivity index (χ0) is 18.6. The Bertz CT molecular complexity index is 822. The van der Waals surface area contributed by atoms with Gasteiger partial charge < -0.3 is 14.6 Å². The number of ether oxygens (including phenoxy) is 1. The number of nitrogens with zero attached hydrogens (tertiary/aromatic N) is 1. The average molecular weight is 348 g/mol. The maximum atomic E-state index is 14.3. The molecule has 1 N–H and O–H groups in total. The Labute approximate surface area is 146 Å². The van der Waals surface area contributed by atoms with Gasteiger partial charge in [-0.2, -0.15) is 0 Å². The normalized spacial score (nSPS) is 11.6. The molecule has 2 rings (SSSR count). The van der Waals surface area contributed by atoms with Crippen LogP contribution in [-0.4, -0.2) is 22.8 Å². The molecule has 5 nitrogen and oxygen atoms in total. The number of benzene rings is 1. The predicted octanol–water partition coefficient (Wildman–Crippen LogP) is 3.62. The monoisotopic (exact) mass is 348 g/mol. The van der Waals surface area contributed by atoms with Gasteiger partial charge in [-0.1, -0.05) is 0 Å². The van der Waals surface area contributed by atoms with Crippen molar-refractivity contribution in [1.82, 2.24) is 9.88 Å². The molecule has 0 bridgehead atoms. The second-order valence-electron chi connectivity index (χ2n) is 6.96. The van der Waals surface area contributed by atoms with Crippen LogP contribution in [0, 0.1) is 5.82 Å². The average Bonchev–Trinajstić information content (AvgIpc) is 2.51. The van der Waals surface area contributed by atoms with Crippen LogP contribution in [0.2, 0.25) is 0 Å². The van der Waals surface area contributed by atoms with Gasteiger partial charge in [-0.15, -0.1) is 0 Å². The lowest BCUT2D eigenvalue weighted by atomic mass is 10.1. The largest absolute Gasteiger partial charge is 0.444 e. The number of fused-ring (bicyclic) bond motifs is 1. The summed E-state index contributed by atoms with van der Waals surface area (Å²) in [7, 11) is 0. The summed E-state index contributed by atoms with van der Waals surface area (Å²) in [5.41, 5.74) is 0.535. The SMILES string of the molecule is CCn1ccc(=O)c2cc(F)c(CCCNC(=O)OC(C)(C)C)cc21. The van der Waals surface area contributed by atoms with E-state index >= 15 is 0 Å². The summed E-state index contributed by atoms with van der Waals surface area (Å²) in [6.45, 7) is 8.44. The molecule has 6 heteroatoms. The van der Waals surface area contributed by atoms with E-state index < -0.39 is 17.5 Å². The summed E-state index contributed by atoms with van der Waals surface area (Å²) in [5, 5.41) is 3.05. The zero-order valence-corrected chi connectivity index (χ0v) is 15.2. The van der Waals surface area contributed by atoms with Crippen molar-refractivity contribution in [2.24, 2.45) is 0 Å². The fraction of sp³-hybridized carbons (Fsp3) is 0.474. The van der Waals surface area contributed by atoms with Crippen LogP contribution in [0.3, 0.4) is 0 Å². The van der Waals surface area contributed by atoms with Crippen molar-refractivity contribution in [3.63, 3.8) is 0 Å². The van der Waals surface area contributed by atoms with E-state index in [2.05, 4.69) is 5.32 Å². The molecule has 136 valence electrons. The van der Waals surface area contributed by atoms with E-state index in [0.29, 0.717) is 36.9 Å². The van der Waals surface area contributed by atoms with Crippen LogP contribution >= 0.6 is 0 Å². The third-order valence-corrected chi connectivity index (χ3v) is 3.78. The molecule has 0 aliphatic carbocycles. The highest BCUT2D eigenvalue weighted by Gasteiger charge is 2.15. The number of halogens is 1. The lowest BCUT2D eigenvalue weighted by Crippen LogP contribution is -2.33. The molecule has 1 amide bonds. The van der Waals surface area contributed by atoms with Crippen molar-refractivity contribution in [2.75, 3.05) is 6.54 Å². The minimum atomic E-state index is -0.543. The van der Waals surface area contributed by atoms with Gasteiger partial charge in [0.1, 0.15) is 11.4 Å². The molecule has 0 aliphatic rings. The topological polar surface area (TPSA) is 60.3 Å². The minimum Gasteiger partial charge on any atom is -0.444 e. The molecule has 0 saturated heterocycles. The zero-order valence-electron chi connectivity index (χ0n) is 15.2. The lowest BCUT2D eigenvalue weighted by molar-refractivity contribution is 0.0527. The van der Waals surface area contributed by atoms with Crippen molar-refractivity contribution < 1.29 is 13.9 Å². The smallest absolute Gasteiger partial charge is 0.407 e. The fourth-order valence-corrected chi connectivity index (χ4v) is 2.62. The third kappa shape index (κ3) is 5.05. The lowest BCUT2D eigenvalue weighted by Gasteiger charge is -2.19. The van der Waals surface area contributed by atoms with Gasteiger partial charge in [0.15, 0.2) is 5.43 Å². The van der Waals surface area contributed by atoms with Crippen molar-refractivity contribution >= 4 is 17.0 Å². The highest BCUT2D eigenvalue weighted by molar-refractivity contribution is 5.79. The number of carbonyl (C=O) groups is 1. The van der Waals surface area contributed by atoms with Crippen molar-refractivity contribution in [3.05, 3.63) is 46.0 Å². The first-order chi connectivity index (χ1) is 11.7. The van der Waals surface area contributed by atoms with Crippen LogP contribution in [-0.2, 0) is 17.7 Å². The van der Waals surface area contributed by atoms with E-state index in [-0.39, 0.29) is 5.43 Å². The summed E-state index contributed by atoms with van der Waals surface area (Å²) in [5.74, 6) is -0.393. The number of carbonyl (C=O) groups excluding carboxylic acids is 1. The Balaban J connectivity index is 2.05. The van der Waals surface area contributed by atoms with Gasteiger partial charge in [0.2, 0.25) is 0 Å². The molecule has 2 aromatic rings. The molecule has 0 atom stereocenters. The number of amides is 1. The number of aromatic nitrogens is 1. The molecular weight excluding hydrogens is 323 g/mol. The number of rotatable bonds is 5. The number of hydrogen-bond acceptors (Lipinski definition) is 3. The number of pyridine rings is 1. The first kappa shape index (κ1) is 19.0. The Morgan fingerprint density at radius 3 is 2.68 bits per heavy atom. The van der Waals surface area contributed by atoms with E-state index in [9.17, 15) is 14.0 Å². The van der Waals surface area contributed by atoms with E-state index in [1.165, 1.54) is 12.1 Å². The molecule has 1 heterocycles. The molecule has 25 heavy (non-hydrogen) atoms. The molecule has 1 aromatic heterocycles. The van der Waals surface area contributed by atoms with Crippen molar-refractivity contribution in [3.8, 4) is 0 Å². The van der Waals surface area contributed by atoms with Crippen LogP contribution in [0.5, 0.6) is 0 Å². The second-order valence-corrected chi connectivity index (χ2v) is 6.96. The van der Waals surface area contributed by atoms with Crippen molar-refractivity contribution in [1.29, 1.82) is 0 Å². The van der Waals surface area contributed by atoms with E-state index in [1.807, 2.05) is 11.5 Å². The van der Waals surface area contributed by atoms with Crippen LogP contribution in [0.25, 0.3) is 10.9 Å². The van der Waals surface area contributed by atoms with Crippen LogP contribution in [0.1, 0.15) is 39.7 Å². The number of alkyl carbamates (subject to hydrolysis) is 1. The molecule has 0 fully saturated rings. The Kier molecular flexibility index (Phi) is 5.82. The van der Waals surface area contributed by atoms with Gasteiger partial charge in [0, 0.05) is 30.7 Å². The van der Waals surface area contributed by atoms with Gasteiger partial charge in [-0.3, -0.25) is 4.79 Å². The highest BCUT2D eigenvalue weighted by Crippen LogP contribution is 2.18. The van der Waals surface area contributed by atoms with Gasteiger partial charge in [0.25, 0.3) is 0 Å². The quantitative estimate of drug-likeness (QED) is 0.840. The molecule has 0 spiro atoms. The number of nitrogens with one attached hydrogen (secondary N) is 1. The maximum absolute atomic E-state index is 14.3. The fourth-order valence-electron chi connectivity index (χ4n) is 2.62. The maximum Gasteiger partial charge on any atom is 0.407 e. The molecular formula is C19H25FN2O3. The Morgan fingerprint density at radius 1 is 1.32 bits per heavy atom. The molecule has 0 radical (unpaired) electrons. The standard InChI is InChI=1S/C19H25FN2O3/c1-5-22-10-8-17(23)14-12-15(20)13(11-16(14)22)7-6-9-21-18(24)25-19(2,3)4/h8,10-12H,5-7,9H2,1-4H3,(H,21,24). The molecule has 0 saturated carbocycles. The summed E-state index contributed by atoms with van der Waals surface area (Å²) in [6, 6.07) is 4.49. The molecule has 1 aromatic carbocycles. The first-order valence-corrected chi connectivity index (χ1v) is 8.49. The number of hydrogen-bond donors (Lipinski definition) is 1. The Hall–Kier alpha value is -2.37. The van der Waals surface area contributed by atoms with Crippen molar-refractivity contribution in [2.45, 2.75) is 52.7 Å². The summed E-state index contributed by atoms with van der Waals surface area (Å²) in [4.78, 5) is 23.5. The van der Waals surface area contributed by atoms with E-state index in [1.54, 1.807) is 33.0 Å². The van der Waals surface area contributed by atoms with Gasteiger partial charge in [-0.25, -0.2) is 9.18 Å². The minimum absolute atomic E-state index is 0.184. The summed E-state index contributed by atoms with van der Waals surface area (Å²) >= 11 is 0. The van der Waals surface area contributed by atoms with Crippen LogP contribution in [0.15, 0.2) is 29.2 Å². The van der Waals surface area contributed by atoms with E-state index in [0.717, 1.165) is 5.52 Å². The molecule has 0 aliphatic heterocycles. The predicted molar refractivity (Wildman–Crippen MR) is 96.4 cm³/mol. The summed E-state index contributed by atoms with van der Waals surface area (Å²) < 4.78 is 21.4. The van der Waals surface area contributed by atoms with Gasteiger partial charge >= 0.3 is 6.09 Å². The molecule has 0 unspecified atom stereocenters. The van der Waals surface area contributed by atoms with E-state index in [4.69, 9.17) is 4.74 Å².